The van der Waals surface area contributed by atoms with Gasteiger partial charge in [-0.1, -0.05) is 62.2 Å². The zero-order valence-electron chi connectivity index (χ0n) is 11.1. The SMILES string of the molecule is Brc1ccc(Oc2ccc(Br)c(-c3ccccc3)c2)cc1. The van der Waals surface area contributed by atoms with Crippen LogP contribution in [0.15, 0.2) is 81.7 Å². The van der Waals surface area contributed by atoms with Crippen LogP contribution in [0.5, 0.6) is 11.5 Å². The average Bonchev–Trinajstić information content (AvgIpc) is 2.52. The monoisotopic (exact) mass is 402 g/mol. The molecule has 0 atom stereocenters. The quantitative estimate of drug-likeness (QED) is 0.474. The van der Waals surface area contributed by atoms with E-state index in [9.17, 15) is 0 Å². The molecule has 104 valence electrons. The summed E-state index contributed by atoms with van der Waals surface area (Å²) in [4.78, 5) is 0. The lowest BCUT2D eigenvalue weighted by atomic mass is 10.1. The summed E-state index contributed by atoms with van der Waals surface area (Å²) in [6, 6.07) is 24.1. The van der Waals surface area contributed by atoms with Crippen molar-refractivity contribution in [3.8, 4) is 22.6 Å². The van der Waals surface area contributed by atoms with Crippen molar-refractivity contribution in [2.75, 3.05) is 0 Å². The molecule has 3 rings (SSSR count). The summed E-state index contributed by atoms with van der Waals surface area (Å²) in [6.07, 6.45) is 0. The molecule has 0 unspecified atom stereocenters. The maximum atomic E-state index is 5.91. The van der Waals surface area contributed by atoms with Gasteiger partial charge in [-0.25, -0.2) is 0 Å². The molecule has 0 aliphatic carbocycles. The summed E-state index contributed by atoms with van der Waals surface area (Å²) in [5, 5.41) is 0. The van der Waals surface area contributed by atoms with Crippen molar-refractivity contribution in [1.82, 2.24) is 0 Å². The van der Waals surface area contributed by atoms with Gasteiger partial charge in [-0.3, -0.25) is 0 Å². The molecule has 0 bridgehead atoms. The Morgan fingerprint density at radius 1 is 0.667 bits per heavy atom. The Bertz CT molecular complexity index is 737. The average molecular weight is 404 g/mol. The maximum Gasteiger partial charge on any atom is 0.128 e. The van der Waals surface area contributed by atoms with E-state index >= 15 is 0 Å². The van der Waals surface area contributed by atoms with Gasteiger partial charge in [0.25, 0.3) is 0 Å². The predicted molar refractivity (Wildman–Crippen MR) is 93.8 cm³/mol. The smallest absolute Gasteiger partial charge is 0.128 e. The van der Waals surface area contributed by atoms with E-state index < -0.39 is 0 Å². The molecule has 3 aromatic rings. The second-order valence-corrected chi connectivity index (χ2v) is 6.33. The molecular weight excluding hydrogens is 392 g/mol. The zero-order valence-corrected chi connectivity index (χ0v) is 14.3. The Kier molecular flexibility index (Phi) is 4.42. The van der Waals surface area contributed by atoms with Gasteiger partial charge in [0.1, 0.15) is 11.5 Å². The van der Waals surface area contributed by atoms with Crippen molar-refractivity contribution < 1.29 is 4.74 Å². The molecule has 0 radical (unpaired) electrons. The van der Waals surface area contributed by atoms with E-state index in [1.165, 1.54) is 0 Å². The lowest BCUT2D eigenvalue weighted by molar-refractivity contribution is 0.482. The molecule has 0 amide bonds. The molecule has 1 nitrogen and oxygen atoms in total. The van der Waals surface area contributed by atoms with Crippen LogP contribution >= 0.6 is 31.9 Å². The van der Waals surface area contributed by atoms with Crippen molar-refractivity contribution in [2.45, 2.75) is 0 Å². The number of benzene rings is 3. The van der Waals surface area contributed by atoms with Gasteiger partial charge in [-0.2, -0.15) is 0 Å². The number of hydrogen-bond acceptors (Lipinski definition) is 1. The maximum absolute atomic E-state index is 5.91. The van der Waals surface area contributed by atoms with Gasteiger partial charge in [-0.15, -0.1) is 0 Å². The van der Waals surface area contributed by atoms with Crippen molar-refractivity contribution in [3.05, 3.63) is 81.7 Å². The number of ether oxygens (including phenoxy) is 1. The molecule has 0 spiro atoms. The molecule has 3 heteroatoms. The highest BCUT2D eigenvalue weighted by molar-refractivity contribution is 9.10. The number of rotatable bonds is 3. The lowest BCUT2D eigenvalue weighted by Gasteiger charge is -2.10. The van der Waals surface area contributed by atoms with E-state index in [1.54, 1.807) is 0 Å². The first-order valence-corrected chi connectivity index (χ1v) is 8.09. The van der Waals surface area contributed by atoms with E-state index in [2.05, 4.69) is 44.0 Å². The topological polar surface area (TPSA) is 9.23 Å². The van der Waals surface area contributed by atoms with Crippen molar-refractivity contribution >= 4 is 31.9 Å². The highest BCUT2D eigenvalue weighted by Crippen LogP contribution is 2.33. The Labute approximate surface area is 140 Å². The molecule has 0 heterocycles. The van der Waals surface area contributed by atoms with Crippen molar-refractivity contribution in [1.29, 1.82) is 0 Å². The summed E-state index contributed by atoms with van der Waals surface area (Å²) in [5.41, 5.74) is 2.27. The van der Waals surface area contributed by atoms with Gasteiger partial charge in [0, 0.05) is 8.95 Å². The number of hydrogen-bond donors (Lipinski definition) is 0. The molecule has 0 aliphatic heterocycles. The first-order valence-electron chi connectivity index (χ1n) is 6.51. The van der Waals surface area contributed by atoms with Crippen molar-refractivity contribution in [2.24, 2.45) is 0 Å². The fraction of sp³-hybridized carbons (Fsp3) is 0. The summed E-state index contributed by atoms with van der Waals surface area (Å²) in [5.74, 6) is 1.64. The van der Waals surface area contributed by atoms with Gasteiger partial charge in [-0.05, 0) is 53.6 Å². The molecule has 0 fully saturated rings. The third-order valence-electron chi connectivity index (χ3n) is 3.07. The summed E-state index contributed by atoms with van der Waals surface area (Å²) in [7, 11) is 0. The highest BCUT2D eigenvalue weighted by Gasteiger charge is 2.06. The number of halogens is 2. The minimum Gasteiger partial charge on any atom is -0.457 e. The molecule has 0 saturated heterocycles. The first kappa shape index (κ1) is 14.4. The van der Waals surface area contributed by atoms with Crippen molar-refractivity contribution in [3.63, 3.8) is 0 Å². The Balaban J connectivity index is 1.92. The van der Waals surface area contributed by atoms with Gasteiger partial charge < -0.3 is 4.74 Å². The second-order valence-electron chi connectivity index (χ2n) is 4.56. The summed E-state index contributed by atoms with van der Waals surface area (Å²) < 4.78 is 8.00. The van der Waals surface area contributed by atoms with E-state index in [4.69, 9.17) is 4.74 Å². The lowest BCUT2D eigenvalue weighted by Crippen LogP contribution is -1.86. The van der Waals surface area contributed by atoms with Crippen LogP contribution in [-0.4, -0.2) is 0 Å². The largest absolute Gasteiger partial charge is 0.457 e. The standard InChI is InChI=1S/C18H12Br2O/c19-14-6-8-15(9-7-14)21-16-10-11-18(20)17(12-16)13-4-2-1-3-5-13/h1-12H. The zero-order chi connectivity index (χ0) is 14.7. The second kappa shape index (κ2) is 6.46. The van der Waals surface area contributed by atoms with Crippen LogP contribution in [0.2, 0.25) is 0 Å². The fourth-order valence-electron chi connectivity index (χ4n) is 2.05. The van der Waals surface area contributed by atoms with E-state index in [0.717, 1.165) is 31.6 Å². The Morgan fingerprint density at radius 3 is 2.05 bits per heavy atom. The third kappa shape index (κ3) is 3.55. The van der Waals surface area contributed by atoms with Crippen LogP contribution < -0.4 is 4.74 Å². The molecule has 0 aliphatic rings. The van der Waals surface area contributed by atoms with Crippen LogP contribution in [-0.2, 0) is 0 Å². The molecule has 21 heavy (non-hydrogen) atoms. The molecule has 0 N–H and O–H groups in total. The van der Waals surface area contributed by atoms with Crippen LogP contribution in [0.3, 0.4) is 0 Å². The molecule has 3 aromatic carbocycles. The minimum absolute atomic E-state index is 0.819. The van der Waals surface area contributed by atoms with Crippen LogP contribution in [0.4, 0.5) is 0 Å². The van der Waals surface area contributed by atoms with Gasteiger partial charge in [0.15, 0.2) is 0 Å². The Hall–Kier alpha value is -1.58. The summed E-state index contributed by atoms with van der Waals surface area (Å²) >= 11 is 7.02. The molecule has 0 saturated carbocycles. The van der Waals surface area contributed by atoms with Crippen LogP contribution in [0.1, 0.15) is 0 Å². The van der Waals surface area contributed by atoms with E-state index in [-0.39, 0.29) is 0 Å². The molecular formula is C18H12Br2O. The van der Waals surface area contributed by atoms with Gasteiger partial charge in [0.05, 0.1) is 0 Å². The molecule has 0 aromatic heterocycles. The predicted octanol–water partition coefficient (Wildman–Crippen LogP) is 6.67. The van der Waals surface area contributed by atoms with Gasteiger partial charge in [0.2, 0.25) is 0 Å². The highest BCUT2D eigenvalue weighted by atomic mass is 79.9. The Morgan fingerprint density at radius 2 is 1.33 bits per heavy atom. The third-order valence-corrected chi connectivity index (χ3v) is 4.29. The first-order chi connectivity index (χ1) is 10.2. The van der Waals surface area contributed by atoms with E-state index in [0.29, 0.717) is 0 Å². The fourth-order valence-corrected chi connectivity index (χ4v) is 2.79. The van der Waals surface area contributed by atoms with E-state index in [1.807, 2.05) is 60.7 Å². The van der Waals surface area contributed by atoms with Crippen LogP contribution in [0, 0.1) is 0 Å². The van der Waals surface area contributed by atoms with Gasteiger partial charge >= 0.3 is 0 Å². The van der Waals surface area contributed by atoms with Crippen LogP contribution in [0.25, 0.3) is 11.1 Å². The minimum atomic E-state index is 0.819. The summed E-state index contributed by atoms with van der Waals surface area (Å²) in [6.45, 7) is 0. The normalized spacial score (nSPS) is 10.4.